The van der Waals surface area contributed by atoms with E-state index < -0.39 is 0 Å². The van der Waals surface area contributed by atoms with Crippen LogP contribution in [0.3, 0.4) is 0 Å². The Morgan fingerprint density at radius 3 is 2.65 bits per heavy atom. The summed E-state index contributed by atoms with van der Waals surface area (Å²) >= 11 is 1.74. The average Bonchev–Trinajstić information content (AvgIpc) is 2.87. The van der Waals surface area contributed by atoms with Gasteiger partial charge in [-0.3, -0.25) is 4.98 Å². The number of aromatic nitrogens is 1. The first-order valence-corrected chi connectivity index (χ1v) is 7.21. The Labute approximate surface area is 108 Å². The van der Waals surface area contributed by atoms with Crippen LogP contribution in [-0.2, 0) is 11.2 Å². The lowest BCUT2D eigenvalue weighted by Gasteiger charge is -2.28. The van der Waals surface area contributed by atoms with Crippen molar-refractivity contribution >= 4 is 11.3 Å². The Balaban J connectivity index is 2.07. The fourth-order valence-electron chi connectivity index (χ4n) is 2.98. The van der Waals surface area contributed by atoms with Crippen molar-refractivity contribution < 1.29 is 4.74 Å². The maximum atomic E-state index is 5.94. The fourth-order valence-corrected chi connectivity index (χ4v) is 3.63. The molecule has 1 aromatic rings. The lowest BCUT2D eigenvalue weighted by Crippen LogP contribution is -2.41. The highest BCUT2D eigenvalue weighted by molar-refractivity contribution is 7.09. The smallest absolute Gasteiger partial charge is 0.0794 e. The highest BCUT2D eigenvalue weighted by Crippen LogP contribution is 2.35. The summed E-state index contributed by atoms with van der Waals surface area (Å²) in [6.07, 6.45) is 3.73. The van der Waals surface area contributed by atoms with Crippen molar-refractivity contribution in [2.45, 2.75) is 45.4 Å². The minimum atomic E-state index is 0.338. The average molecular weight is 254 g/mol. The first kappa shape index (κ1) is 13.0. The van der Waals surface area contributed by atoms with Crippen LogP contribution in [0.4, 0.5) is 0 Å². The van der Waals surface area contributed by atoms with Gasteiger partial charge in [0.1, 0.15) is 0 Å². The summed E-state index contributed by atoms with van der Waals surface area (Å²) in [7, 11) is 2.05. The molecular formula is C13H22N2OS. The zero-order valence-corrected chi connectivity index (χ0v) is 11.8. The monoisotopic (exact) mass is 254 g/mol. The first-order valence-electron chi connectivity index (χ1n) is 6.33. The maximum Gasteiger partial charge on any atom is 0.0794 e. The number of likely N-dealkylation sites (N-methyl/N-ethyl adjacent to an activating group) is 1. The molecule has 1 saturated heterocycles. The maximum absolute atomic E-state index is 5.94. The number of rotatable bonds is 4. The lowest BCUT2D eigenvalue weighted by molar-refractivity contribution is 0.0479. The minimum absolute atomic E-state index is 0.338. The summed E-state index contributed by atoms with van der Waals surface area (Å²) < 4.78 is 5.94. The van der Waals surface area contributed by atoms with E-state index >= 15 is 0 Å². The number of nitrogens with zero attached hydrogens (tertiary/aromatic N) is 1. The lowest BCUT2D eigenvalue weighted by atomic mass is 9.82. The molecule has 3 nitrogen and oxygen atoms in total. The SMILES string of the molecule is CNC(Cc1cncs1)C1C(C)OC(C)C1C. The van der Waals surface area contributed by atoms with Gasteiger partial charge in [-0.2, -0.15) is 0 Å². The van der Waals surface area contributed by atoms with Crippen LogP contribution in [0.25, 0.3) is 0 Å². The van der Waals surface area contributed by atoms with E-state index in [0.717, 1.165) is 6.42 Å². The molecule has 17 heavy (non-hydrogen) atoms. The van der Waals surface area contributed by atoms with Crippen LogP contribution in [-0.4, -0.2) is 30.3 Å². The highest BCUT2D eigenvalue weighted by atomic mass is 32.1. The van der Waals surface area contributed by atoms with Gasteiger partial charge in [0.25, 0.3) is 0 Å². The largest absolute Gasteiger partial charge is 0.375 e. The molecule has 0 radical (unpaired) electrons. The quantitative estimate of drug-likeness (QED) is 0.895. The van der Waals surface area contributed by atoms with E-state index in [1.54, 1.807) is 11.3 Å². The Morgan fingerprint density at radius 2 is 2.18 bits per heavy atom. The van der Waals surface area contributed by atoms with Crippen molar-refractivity contribution in [3.8, 4) is 0 Å². The van der Waals surface area contributed by atoms with E-state index in [0.29, 0.717) is 30.1 Å². The Morgan fingerprint density at radius 1 is 1.41 bits per heavy atom. The van der Waals surface area contributed by atoms with Crippen LogP contribution in [0.1, 0.15) is 25.6 Å². The topological polar surface area (TPSA) is 34.2 Å². The number of hydrogen-bond acceptors (Lipinski definition) is 4. The normalized spacial score (nSPS) is 35.1. The summed E-state index contributed by atoms with van der Waals surface area (Å²) in [6, 6.07) is 0.477. The highest BCUT2D eigenvalue weighted by Gasteiger charge is 2.41. The molecule has 2 heterocycles. The van der Waals surface area contributed by atoms with Gasteiger partial charge >= 0.3 is 0 Å². The summed E-state index contributed by atoms with van der Waals surface area (Å²) in [6.45, 7) is 6.68. The molecule has 5 atom stereocenters. The van der Waals surface area contributed by atoms with Crippen LogP contribution < -0.4 is 5.32 Å². The Kier molecular flexibility index (Phi) is 4.17. The molecular weight excluding hydrogens is 232 g/mol. The van der Waals surface area contributed by atoms with Gasteiger partial charge in [0, 0.05) is 23.0 Å². The van der Waals surface area contributed by atoms with Crippen LogP contribution in [0.15, 0.2) is 11.7 Å². The van der Waals surface area contributed by atoms with Crippen molar-refractivity contribution in [3.63, 3.8) is 0 Å². The van der Waals surface area contributed by atoms with Crippen molar-refractivity contribution in [2.75, 3.05) is 7.05 Å². The van der Waals surface area contributed by atoms with E-state index in [1.165, 1.54) is 4.88 Å². The molecule has 1 aliphatic rings. The van der Waals surface area contributed by atoms with Gasteiger partial charge in [0.05, 0.1) is 17.7 Å². The van der Waals surface area contributed by atoms with E-state index in [-0.39, 0.29) is 0 Å². The van der Waals surface area contributed by atoms with Crippen molar-refractivity contribution in [1.82, 2.24) is 10.3 Å². The molecule has 0 amide bonds. The predicted octanol–water partition coefficient (Wildman–Crippen LogP) is 2.33. The van der Waals surface area contributed by atoms with Gasteiger partial charge in [0.2, 0.25) is 0 Å². The van der Waals surface area contributed by atoms with Gasteiger partial charge < -0.3 is 10.1 Å². The van der Waals surface area contributed by atoms with E-state index in [4.69, 9.17) is 4.74 Å². The number of ether oxygens (including phenoxy) is 1. The van der Waals surface area contributed by atoms with E-state index in [2.05, 4.69) is 31.1 Å². The minimum Gasteiger partial charge on any atom is -0.375 e. The zero-order valence-electron chi connectivity index (χ0n) is 11.0. The van der Waals surface area contributed by atoms with Crippen molar-refractivity contribution in [2.24, 2.45) is 11.8 Å². The second-order valence-electron chi connectivity index (χ2n) is 5.05. The molecule has 4 heteroatoms. The second-order valence-corrected chi connectivity index (χ2v) is 6.02. The molecule has 5 unspecified atom stereocenters. The van der Waals surface area contributed by atoms with Crippen LogP contribution >= 0.6 is 11.3 Å². The summed E-state index contributed by atoms with van der Waals surface area (Å²) in [5.74, 6) is 1.19. The summed E-state index contributed by atoms with van der Waals surface area (Å²) in [5, 5.41) is 3.46. The third-order valence-corrected chi connectivity index (χ3v) is 4.86. The molecule has 1 aromatic heterocycles. The molecule has 0 spiro atoms. The number of nitrogens with one attached hydrogen (secondary N) is 1. The molecule has 1 fully saturated rings. The molecule has 0 aliphatic carbocycles. The van der Waals surface area contributed by atoms with Gasteiger partial charge in [-0.15, -0.1) is 11.3 Å². The molecule has 96 valence electrons. The number of thiazole rings is 1. The van der Waals surface area contributed by atoms with E-state index in [9.17, 15) is 0 Å². The second kappa shape index (κ2) is 5.46. The molecule has 0 bridgehead atoms. The standard InChI is InChI=1S/C13H22N2OS/c1-8-9(2)16-10(3)13(8)12(14-4)5-11-6-15-7-17-11/h6-10,12-14H,5H2,1-4H3. The van der Waals surface area contributed by atoms with Crippen LogP contribution in [0, 0.1) is 11.8 Å². The molecule has 0 saturated carbocycles. The van der Waals surface area contributed by atoms with Gasteiger partial charge in [-0.05, 0) is 33.2 Å². The first-order chi connectivity index (χ1) is 8.13. The molecule has 1 aliphatic heterocycles. The summed E-state index contributed by atoms with van der Waals surface area (Å²) in [5.41, 5.74) is 1.91. The predicted molar refractivity (Wildman–Crippen MR) is 71.3 cm³/mol. The van der Waals surface area contributed by atoms with E-state index in [1.807, 2.05) is 18.8 Å². The number of hydrogen-bond donors (Lipinski definition) is 1. The Bertz CT molecular complexity index is 341. The van der Waals surface area contributed by atoms with Crippen molar-refractivity contribution in [3.05, 3.63) is 16.6 Å². The molecule has 2 rings (SSSR count). The Hall–Kier alpha value is -0.450. The third kappa shape index (κ3) is 2.69. The molecule has 0 aromatic carbocycles. The van der Waals surface area contributed by atoms with Gasteiger partial charge in [-0.25, -0.2) is 0 Å². The third-order valence-electron chi connectivity index (χ3n) is 4.06. The fraction of sp³-hybridized carbons (Fsp3) is 0.769. The molecule has 1 N–H and O–H groups in total. The summed E-state index contributed by atoms with van der Waals surface area (Å²) in [4.78, 5) is 5.50. The van der Waals surface area contributed by atoms with Gasteiger partial charge in [0.15, 0.2) is 0 Å². The van der Waals surface area contributed by atoms with Crippen LogP contribution in [0.5, 0.6) is 0 Å². The van der Waals surface area contributed by atoms with Gasteiger partial charge in [-0.1, -0.05) is 6.92 Å². The zero-order chi connectivity index (χ0) is 12.4. The van der Waals surface area contributed by atoms with Crippen LogP contribution in [0.2, 0.25) is 0 Å². The van der Waals surface area contributed by atoms with Crippen molar-refractivity contribution in [1.29, 1.82) is 0 Å².